The zero-order chi connectivity index (χ0) is 21.8. The maximum absolute atomic E-state index is 13.7. The van der Waals surface area contributed by atoms with Crippen molar-refractivity contribution in [3.8, 4) is 0 Å². The van der Waals surface area contributed by atoms with E-state index in [1.165, 1.54) is 0 Å². The van der Waals surface area contributed by atoms with Gasteiger partial charge in [-0.1, -0.05) is 12.1 Å². The van der Waals surface area contributed by atoms with Gasteiger partial charge in [-0.05, 0) is 62.8 Å². The number of rotatable bonds is 4. The Balaban J connectivity index is 1.45. The number of nitrogens with one attached hydrogen (secondary N) is 1. The van der Waals surface area contributed by atoms with Crippen molar-refractivity contribution in [1.29, 1.82) is 0 Å². The zero-order valence-electron chi connectivity index (χ0n) is 18.5. The molecular weight excluding hydrogens is 396 g/mol. The Hall–Kier alpha value is -1.31. The number of hydrogen-bond donors (Lipinski definition) is 3. The van der Waals surface area contributed by atoms with E-state index in [2.05, 4.69) is 10.5 Å². The molecule has 5 rings (SSSR count). The number of ketones is 2. The van der Waals surface area contributed by atoms with Crippen molar-refractivity contribution in [2.24, 2.45) is 45.6 Å². The number of aliphatic hydroxyl groups excluding tert-OH is 2. The van der Waals surface area contributed by atoms with E-state index in [1.54, 1.807) is 0 Å². The quantitative estimate of drug-likeness (QED) is 0.584. The number of hydrogen-bond acceptors (Lipinski definition) is 7. The maximum Gasteiger partial charge on any atom is 0.142 e. The van der Waals surface area contributed by atoms with Gasteiger partial charge in [0.2, 0.25) is 0 Å². The molecule has 3 N–H and O–H groups in total. The number of Topliss-reactive ketones (excluding diaryl/α,β-unsaturated/α-hetero) is 2. The normalized spacial score (nSPS) is 48.4. The van der Waals surface area contributed by atoms with E-state index >= 15 is 0 Å². The minimum absolute atomic E-state index is 0.0284. The van der Waals surface area contributed by atoms with Gasteiger partial charge in [0.15, 0.2) is 0 Å². The molecule has 5 aliphatic rings. The van der Waals surface area contributed by atoms with E-state index in [-0.39, 0.29) is 54.2 Å². The van der Waals surface area contributed by atoms with Crippen molar-refractivity contribution < 1.29 is 24.6 Å². The standard InChI is InChI=1S/C24H36N2O5/c1-23-7-5-18-21(17(23)2-3-20(23)29)22(30)16(12-27)19-10-14(4-8-24(18,19)13-28)26-31-15-6-9-25-11-15/h15-19,21,25,27-28H,2-13H2,1H3/t15?,16-,17?,18?,19?,21?,23+,24+/m1/s1. The lowest BCUT2D eigenvalue weighted by Gasteiger charge is -2.61. The van der Waals surface area contributed by atoms with Crippen LogP contribution in [0.1, 0.15) is 58.3 Å². The molecule has 172 valence electrons. The molecule has 31 heavy (non-hydrogen) atoms. The monoisotopic (exact) mass is 432 g/mol. The van der Waals surface area contributed by atoms with Crippen molar-refractivity contribution in [3.05, 3.63) is 0 Å². The van der Waals surface area contributed by atoms with E-state index in [0.717, 1.165) is 57.3 Å². The first kappa shape index (κ1) is 21.5. The lowest BCUT2D eigenvalue weighted by Crippen LogP contribution is -2.63. The van der Waals surface area contributed by atoms with Gasteiger partial charge in [0.25, 0.3) is 0 Å². The summed E-state index contributed by atoms with van der Waals surface area (Å²) in [7, 11) is 0. The Morgan fingerprint density at radius 3 is 2.65 bits per heavy atom. The molecule has 0 aromatic heterocycles. The highest BCUT2D eigenvalue weighted by atomic mass is 16.6. The van der Waals surface area contributed by atoms with Crippen LogP contribution in [0, 0.1) is 40.4 Å². The van der Waals surface area contributed by atoms with E-state index in [9.17, 15) is 19.8 Å². The summed E-state index contributed by atoms with van der Waals surface area (Å²) in [5, 5.41) is 28.7. The largest absolute Gasteiger partial charge is 0.396 e. The molecule has 5 unspecified atom stereocenters. The second kappa shape index (κ2) is 7.92. The summed E-state index contributed by atoms with van der Waals surface area (Å²) < 4.78 is 0. The van der Waals surface area contributed by atoms with Crippen molar-refractivity contribution in [1.82, 2.24) is 5.32 Å². The van der Waals surface area contributed by atoms with Crippen LogP contribution in [0.5, 0.6) is 0 Å². The van der Waals surface area contributed by atoms with Gasteiger partial charge in [-0.25, -0.2) is 0 Å². The predicted molar refractivity (Wildman–Crippen MR) is 114 cm³/mol. The van der Waals surface area contributed by atoms with Gasteiger partial charge in [0.05, 0.1) is 12.3 Å². The van der Waals surface area contributed by atoms with Crippen LogP contribution >= 0.6 is 0 Å². The molecule has 8 atom stereocenters. The first-order valence-corrected chi connectivity index (χ1v) is 12.2. The molecule has 7 nitrogen and oxygen atoms in total. The fraction of sp³-hybridized carbons (Fsp3) is 0.875. The molecule has 1 saturated heterocycles. The average molecular weight is 433 g/mol. The summed E-state index contributed by atoms with van der Waals surface area (Å²) in [4.78, 5) is 32.2. The van der Waals surface area contributed by atoms with Gasteiger partial charge in [-0.3, -0.25) is 9.59 Å². The van der Waals surface area contributed by atoms with Crippen LogP contribution in [-0.4, -0.2) is 59.9 Å². The van der Waals surface area contributed by atoms with Crippen molar-refractivity contribution in [3.63, 3.8) is 0 Å². The highest BCUT2D eigenvalue weighted by molar-refractivity contribution is 5.93. The Labute approximate surface area is 184 Å². The number of nitrogens with zero attached hydrogens (tertiary/aromatic N) is 1. The summed E-state index contributed by atoms with van der Waals surface area (Å²) in [6, 6.07) is 0. The SMILES string of the molecule is C[C@]12CCC3C(C(=O)[C@H](CO)C4CC(=NOC5CCNC5)CC[C@]34CO)C1CCC2=O. The second-order valence-corrected chi connectivity index (χ2v) is 10.9. The predicted octanol–water partition coefficient (Wildman–Crippen LogP) is 1.70. The molecular formula is C24H36N2O5. The molecule has 0 bridgehead atoms. The smallest absolute Gasteiger partial charge is 0.142 e. The Kier molecular flexibility index (Phi) is 5.50. The molecule has 0 amide bonds. The topological polar surface area (TPSA) is 108 Å². The highest BCUT2D eigenvalue weighted by Crippen LogP contribution is 2.65. The third-order valence-corrected chi connectivity index (χ3v) is 9.81. The van der Waals surface area contributed by atoms with Crippen LogP contribution in [0.3, 0.4) is 0 Å². The van der Waals surface area contributed by atoms with Crippen molar-refractivity contribution in [2.45, 2.75) is 64.4 Å². The summed E-state index contributed by atoms with van der Waals surface area (Å²) in [5.74, 6) is -0.276. The van der Waals surface area contributed by atoms with E-state index in [4.69, 9.17) is 4.84 Å². The van der Waals surface area contributed by atoms with E-state index in [1.807, 2.05) is 6.92 Å². The van der Waals surface area contributed by atoms with Gasteiger partial charge in [0.1, 0.15) is 17.7 Å². The van der Waals surface area contributed by atoms with Gasteiger partial charge < -0.3 is 20.4 Å². The van der Waals surface area contributed by atoms with E-state index in [0.29, 0.717) is 18.6 Å². The summed E-state index contributed by atoms with van der Waals surface area (Å²) in [5.41, 5.74) is 0.153. The third-order valence-electron chi connectivity index (χ3n) is 9.81. The minimum Gasteiger partial charge on any atom is -0.396 e. The lowest BCUT2D eigenvalue weighted by molar-refractivity contribution is -0.174. The molecule has 0 spiro atoms. The Morgan fingerprint density at radius 2 is 1.94 bits per heavy atom. The summed E-state index contributed by atoms with van der Waals surface area (Å²) >= 11 is 0. The van der Waals surface area contributed by atoms with Crippen LogP contribution < -0.4 is 5.32 Å². The summed E-state index contributed by atoms with van der Waals surface area (Å²) in [6.45, 7) is 3.62. The van der Waals surface area contributed by atoms with Crippen LogP contribution in [-0.2, 0) is 14.4 Å². The number of aliphatic hydroxyl groups is 2. The number of fused-ring (bicyclic) bond motifs is 5. The molecule has 4 saturated carbocycles. The minimum atomic E-state index is -0.495. The molecule has 4 aliphatic carbocycles. The molecule has 1 heterocycles. The molecule has 1 aliphatic heterocycles. The number of carbonyl (C=O) groups is 2. The average Bonchev–Trinajstić information content (AvgIpc) is 3.40. The molecule has 0 aromatic rings. The van der Waals surface area contributed by atoms with Crippen LogP contribution in [0.15, 0.2) is 5.16 Å². The Bertz CT molecular complexity index is 778. The number of oxime groups is 1. The van der Waals surface area contributed by atoms with Crippen molar-refractivity contribution >= 4 is 17.3 Å². The molecule has 7 heteroatoms. The molecule has 0 radical (unpaired) electrons. The first-order chi connectivity index (χ1) is 14.9. The maximum atomic E-state index is 13.7. The van der Waals surface area contributed by atoms with Crippen LogP contribution in [0.25, 0.3) is 0 Å². The van der Waals surface area contributed by atoms with E-state index < -0.39 is 11.3 Å². The fourth-order valence-electron chi connectivity index (χ4n) is 8.01. The van der Waals surface area contributed by atoms with Gasteiger partial charge in [-0.15, -0.1) is 0 Å². The highest BCUT2D eigenvalue weighted by Gasteiger charge is 2.66. The van der Waals surface area contributed by atoms with Gasteiger partial charge in [0, 0.05) is 48.7 Å². The summed E-state index contributed by atoms with van der Waals surface area (Å²) in [6.07, 6.45) is 6.10. The van der Waals surface area contributed by atoms with Crippen LogP contribution in [0.4, 0.5) is 0 Å². The lowest BCUT2D eigenvalue weighted by atomic mass is 9.42. The van der Waals surface area contributed by atoms with Gasteiger partial charge in [-0.2, -0.15) is 0 Å². The fourth-order valence-corrected chi connectivity index (χ4v) is 8.01. The van der Waals surface area contributed by atoms with Crippen LogP contribution in [0.2, 0.25) is 0 Å². The second-order valence-electron chi connectivity index (χ2n) is 10.9. The first-order valence-electron chi connectivity index (χ1n) is 12.2. The number of carbonyl (C=O) groups excluding carboxylic acids is 2. The zero-order valence-corrected chi connectivity index (χ0v) is 18.5. The molecule has 0 aromatic carbocycles. The van der Waals surface area contributed by atoms with Crippen molar-refractivity contribution in [2.75, 3.05) is 26.3 Å². The van der Waals surface area contributed by atoms with Gasteiger partial charge >= 0.3 is 0 Å². The molecule has 5 fully saturated rings. The third kappa shape index (κ3) is 3.14. The Morgan fingerprint density at radius 1 is 1.10 bits per heavy atom.